The average Bonchev–Trinajstić information content (AvgIpc) is 2.51. The Balaban J connectivity index is 2.46. The van der Waals surface area contributed by atoms with Crippen molar-refractivity contribution >= 4 is 23.5 Å². The van der Waals surface area contributed by atoms with Crippen LogP contribution in [0.25, 0.3) is 0 Å². The molecule has 1 nitrogen and oxygen atoms in total. The molecule has 0 unspecified atom stereocenters. The Morgan fingerprint density at radius 1 is 0.864 bits per heavy atom. The van der Waals surface area contributed by atoms with Crippen LogP contribution in [0, 0.1) is 6.92 Å². The Hall–Kier alpha value is -0.280. The molecule has 0 aliphatic carbocycles. The van der Waals surface area contributed by atoms with Gasteiger partial charge in [-0.25, -0.2) is 0 Å². The second-order valence-corrected chi connectivity index (χ2v) is 8.15. The quantitative estimate of drug-likeness (QED) is 0.436. The summed E-state index contributed by atoms with van der Waals surface area (Å²) >= 11 is 3.96. The Bertz CT molecular complexity index is 418. The number of aryl methyl sites for hydroxylation is 1. The van der Waals surface area contributed by atoms with Gasteiger partial charge in [-0.15, -0.1) is 0 Å². The fourth-order valence-electron chi connectivity index (χ4n) is 2.41. The van der Waals surface area contributed by atoms with E-state index in [0.29, 0.717) is 5.75 Å². The summed E-state index contributed by atoms with van der Waals surface area (Å²) in [6.07, 6.45) is 7.81. The maximum atomic E-state index is 10.2. The minimum absolute atomic E-state index is 0.503. The van der Waals surface area contributed by atoms with Crippen LogP contribution in [-0.4, -0.2) is 16.6 Å². The summed E-state index contributed by atoms with van der Waals surface area (Å²) in [6.45, 7) is 6.51. The van der Waals surface area contributed by atoms with Gasteiger partial charge in [0, 0.05) is 17.1 Å². The van der Waals surface area contributed by atoms with Crippen molar-refractivity contribution in [2.45, 2.75) is 70.8 Å². The van der Waals surface area contributed by atoms with Gasteiger partial charge >= 0.3 is 0 Å². The topological polar surface area (TPSA) is 20.2 Å². The summed E-state index contributed by atoms with van der Waals surface area (Å²) in [5.74, 6) is 4.95. The molecule has 126 valence electrons. The fourth-order valence-corrected chi connectivity index (χ4v) is 4.35. The molecule has 1 aromatic carbocycles. The molecule has 0 bridgehead atoms. The van der Waals surface area contributed by atoms with E-state index in [4.69, 9.17) is 0 Å². The zero-order chi connectivity index (χ0) is 16.2. The summed E-state index contributed by atoms with van der Waals surface area (Å²) in [4.78, 5) is 0. The maximum absolute atomic E-state index is 10.2. The molecule has 0 atom stereocenters. The summed E-state index contributed by atoms with van der Waals surface area (Å²) in [5.41, 5.74) is 3.50. The van der Waals surface area contributed by atoms with E-state index in [1.165, 1.54) is 55.6 Å². The van der Waals surface area contributed by atoms with Crippen molar-refractivity contribution in [3.63, 3.8) is 0 Å². The molecule has 22 heavy (non-hydrogen) atoms. The van der Waals surface area contributed by atoms with Gasteiger partial charge in [0.25, 0.3) is 0 Å². The van der Waals surface area contributed by atoms with E-state index in [1.807, 2.05) is 30.4 Å². The lowest BCUT2D eigenvalue weighted by atomic mass is 10.1. The molecule has 0 aromatic heterocycles. The second kappa shape index (κ2) is 12.2. The monoisotopic (exact) mass is 340 g/mol. The first-order valence-corrected chi connectivity index (χ1v) is 11.0. The van der Waals surface area contributed by atoms with Gasteiger partial charge in [0.05, 0.1) is 0 Å². The maximum Gasteiger partial charge on any atom is 0.122 e. The molecule has 0 fully saturated rings. The zero-order valence-corrected chi connectivity index (χ0v) is 16.1. The molecule has 0 radical (unpaired) electrons. The van der Waals surface area contributed by atoms with E-state index in [1.54, 1.807) is 0 Å². The molecule has 0 aliphatic rings. The van der Waals surface area contributed by atoms with Crippen LogP contribution in [0.1, 0.15) is 69.1 Å². The van der Waals surface area contributed by atoms with Gasteiger partial charge in [-0.2, -0.15) is 23.5 Å². The molecule has 1 rings (SSSR count). The van der Waals surface area contributed by atoms with Crippen LogP contribution in [0.4, 0.5) is 0 Å². The third kappa shape index (κ3) is 7.82. The van der Waals surface area contributed by atoms with Crippen molar-refractivity contribution < 1.29 is 5.11 Å². The van der Waals surface area contributed by atoms with Crippen LogP contribution in [0.3, 0.4) is 0 Å². The predicted octanol–water partition coefficient (Wildman–Crippen LogP) is 6.55. The van der Waals surface area contributed by atoms with Crippen LogP contribution in [-0.2, 0) is 11.5 Å². The minimum atomic E-state index is 0.503. The van der Waals surface area contributed by atoms with Gasteiger partial charge in [-0.05, 0) is 42.4 Å². The first-order chi connectivity index (χ1) is 10.7. The van der Waals surface area contributed by atoms with Crippen molar-refractivity contribution in [1.29, 1.82) is 0 Å². The van der Waals surface area contributed by atoms with Gasteiger partial charge in [0.2, 0.25) is 0 Å². The van der Waals surface area contributed by atoms with E-state index < -0.39 is 0 Å². The summed E-state index contributed by atoms with van der Waals surface area (Å²) in [7, 11) is 0. The van der Waals surface area contributed by atoms with Crippen LogP contribution in [0.15, 0.2) is 12.1 Å². The molecule has 0 saturated carbocycles. The molecule has 0 amide bonds. The Kier molecular flexibility index (Phi) is 10.9. The molecule has 3 heteroatoms. The van der Waals surface area contributed by atoms with E-state index >= 15 is 0 Å². The smallest absolute Gasteiger partial charge is 0.122 e. The largest absolute Gasteiger partial charge is 0.507 e. The van der Waals surface area contributed by atoms with Crippen LogP contribution < -0.4 is 0 Å². The highest BCUT2D eigenvalue weighted by Gasteiger charge is 2.07. The number of phenolic OH excluding ortho intramolecular Hbond substituents is 1. The first kappa shape index (κ1) is 19.8. The fraction of sp³-hybridized carbons (Fsp3) is 0.684. The van der Waals surface area contributed by atoms with Gasteiger partial charge in [-0.1, -0.05) is 51.7 Å². The van der Waals surface area contributed by atoms with Crippen LogP contribution >= 0.6 is 23.5 Å². The summed E-state index contributed by atoms with van der Waals surface area (Å²) in [6, 6.07) is 4.36. The number of benzene rings is 1. The van der Waals surface area contributed by atoms with Gasteiger partial charge in [-0.3, -0.25) is 0 Å². The van der Waals surface area contributed by atoms with E-state index in [2.05, 4.69) is 26.0 Å². The van der Waals surface area contributed by atoms with E-state index in [0.717, 1.165) is 22.6 Å². The first-order valence-electron chi connectivity index (χ1n) is 8.65. The van der Waals surface area contributed by atoms with E-state index in [-0.39, 0.29) is 0 Å². The highest BCUT2D eigenvalue weighted by molar-refractivity contribution is 7.98. The highest BCUT2D eigenvalue weighted by atomic mass is 32.2. The molecule has 0 aliphatic heterocycles. The lowest BCUT2D eigenvalue weighted by Gasteiger charge is -2.11. The van der Waals surface area contributed by atoms with Crippen molar-refractivity contribution in [2.24, 2.45) is 0 Å². The predicted molar refractivity (Wildman–Crippen MR) is 104 cm³/mol. The molecule has 1 N–H and O–H groups in total. The molecule has 1 aromatic rings. The van der Waals surface area contributed by atoms with Crippen molar-refractivity contribution in [1.82, 2.24) is 0 Å². The van der Waals surface area contributed by atoms with E-state index in [9.17, 15) is 5.11 Å². The second-order valence-electron chi connectivity index (χ2n) is 5.94. The van der Waals surface area contributed by atoms with Crippen molar-refractivity contribution in [3.05, 3.63) is 28.8 Å². The third-order valence-electron chi connectivity index (χ3n) is 3.75. The summed E-state index contributed by atoms with van der Waals surface area (Å²) < 4.78 is 0. The van der Waals surface area contributed by atoms with Gasteiger partial charge in [0.1, 0.15) is 5.75 Å². The number of hydrogen-bond acceptors (Lipinski definition) is 3. The SMILES string of the molecule is CCCCCSCc1cc(C)c(O)c(CSCCCCC)c1. The van der Waals surface area contributed by atoms with Gasteiger partial charge < -0.3 is 5.11 Å². The Morgan fingerprint density at radius 3 is 2.05 bits per heavy atom. The minimum Gasteiger partial charge on any atom is -0.507 e. The number of phenols is 1. The number of thioether (sulfide) groups is 2. The average molecular weight is 341 g/mol. The molecule has 0 heterocycles. The standard InChI is InChI=1S/C19H32OS2/c1-4-6-8-10-21-14-17-12-16(3)19(20)18(13-17)15-22-11-9-7-5-2/h12-13,20H,4-11,14-15H2,1-3H3. The number of unbranched alkanes of at least 4 members (excludes halogenated alkanes) is 4. The van der Waals surface area contributed by atoms with Crippen LogP contribution in [0.2, 0.25) is 0 Å². The summed E-state index contributed by atoms with van der Waals surface area (Å²) in [5, 5.41) is 10.2. The lowest BCUT2D eigenvalue weighted by molar-refractivity contribution is 0.466. The Labute approximate surface area is 145 Å². The number of rotatable bonds is 12. The van der Waals surface area contributed by atoms with Crippen molar-refractivity contribution in [2.75, 3.05) is 11.5 Å². The molecular formula is C19H32OS2. The third-order valence-corrected chi connectivity index (χ3v) is 5.96. The van der Waals surface area contributed by atoms with Crippen LogP contribution in [0.5, 0.6) is 5.75 Å². The Morgan fingerprint density at radius 2 is 1.45 bits per heavy atom. The lowest BCUT2D eigenvalue weighted by Crippen LogP contribution is -1.92. The number of hydrogen-bond donors (Lipinski definition) is 1. The molecule has 0 saturated heterocycles. The highest BCUT2D eigenvalue weighted by Crippen LogP contribution is 2.29. The van der Waals surface area contributed by atoms with Crippen molar-refractivity contribution in [3.8, 4) is 5.75 Å². The van der Waals surface area contributed by atoms with Gasteiger partial charge in [0.15, 0.2) is 0 Å². The molecular weight excluding hydrogens is 308 g/mol. The zero-order valence-electron chi connectivity index (χ0n) is 14.5. The number of aromatic hydroxyl groups is 1. The normalized spacial score (nSPS) is 11.0. The molecule has 0 spiro atoms.